The molecule has 0 saturated heterocycles. The fourth-order valence-electron chi connectivity index (χ4n) is 1.67. The molecule has 0 aliphatic carbocycles. The minimum Gasteiger partial charge on any atom is -0.441 e. The van der Waals surface area contributed by atoms with Gasteiger partial charge in [-0.15, -0.1) is 5.06 Å². The van der Waals surface area contributed by atoms with Crippen molar-refractivity contribution < 1.29 is 32.3 Å². The van der Waals surface area contributed by atoms with E-state index in [0.29, 0.717) is 6.07 Å². The van der Waals surface area contributed by atoms with Gasteiger partial charge in [0.05, 0.1) is 11.0 Å². The first-order valence-corrected chi connectivity index (χ1v) is 7.74. The highest BCUT2D eigenvalue weighted by molar-refractivity contribution is 5.90. The first-order valence-electron chi connectivity index (χ1n) is 7.74. The molecule has 0 unspecified atom stereocenters. The van der Waals surface area contributed by atoms with Crippen LogP contribution >= 0.6 is 0 Å². The Kier molecular flexibility index (Phi) is 5.85. The molecule has 0 aliphatic heterocycles. The summed E-state index contributed by atoms with van der Waals surface area (Å²) in [5.74, 6) is -0.909. The number of rotatable bonds is 1. The fourth-order valence-corrected chi connectivity index (χ4v) is 1.67. The molecule has 26 heavy (non-hydrogen) atoms. The number of hydroxylamine groups is 1. The van der Waals surface area contributed by atoms with Gasteiger partial charge in [-0.2, -0.15) is 13.2 Å². The van der Waals surface area contributed by atoms with Gasteiger partial charge in [-0.05, 0) is 59.7 Å². The highest BCUT2D eigenvalue weighted by Gasteiger charge is 2.40. The summed E-state index contributed by atoms with van der Waals surface area (Å²) in [7, 11) is 0. The zero-order chi connectivity index (χ0) is 20.5. The lowest BCUT2D eigenvalue weighted by atomic mass is 9.98. The number of carbonyl (C=O) groups excluding carboxylic acids is 2. The van der Waals surface area contributed by atoms with E-state index in [1.165, 1.54) is 41.5 Å². The minimum absolute atomic E-state index is 0.160. The van der Waals surface area contributed by atoms with Crippen molar-refractivity contribution in [2.75, 3.05) is 10.8 Å². The summed E-state index contributed by atoms with van der Waals surface area (Å²) in [6.45, 7) is 9.08. The van der Waals surface area contributed by atoms with E-state index in [2.05, 4.69) is 0 Å². The Morgan fingerprint density at radius 1 is 1.04 bits per heavy atom. The van der Waals surface area contributed by atoms with Crippen LogP contribution in [0.25, 0.3) is 0 Å². The molecule has 6 nitrogen and oxygen atoms in total. The zero-order valence-corrected chi connectivity index (χ0v) is 15.5. The molecule has 0 radical (unpaired) electrons. The van der Waals surface area contributed by atoms with Crippen molar-refractivity contribution in [3.8, 4) is 0 Å². The summed E-state index contributed by atoms with van der Waals surface area (Å²) in [5.41, 5.74) is 1.26. The number of nitrogens with zero attached hydrogens (tertiary/aromatic N) is 1. The smallest absolute Gasteiger partial charge is 0.441 e. The second-order valence-electron chi connectivity index (χ2n) is 7.68. The largest absolute Gasteiger partial charge is 0.448 e. The van der Waals surface area contributed by atoms with E-state index >= 15 is 0 Å². The summed E-state index contributed by atoms with van der Waals surface area (Å²) < 4.78 is 45.2. The van der Waals surface area contributed by atoms with Crippen LogP contribution < -0.4 is 10.8 Å². The van der Waals surface area contributed by atoms with E-state index in [-0.39, 0.29) is 10.8 Å². The van der Waals surface area contributed by atoms with Crippen LogP contribution in [-0.4, -0.2) is 17.7 Å². The van der Waals surface area contributed by atoms with Gasteiger partial charge >= 0.3 is 18.2 Å². The number of hydrogen-bond donors (Lipinski definition) is 1. The third-order valence-corrected chi connectivity index (χ3v) is 2.89. The quantitative estimate of drug-likeness (QED) is 0.575. The van der Waals surface area contributed by atoms with E-state index in [0.717, 1.165) is 12.1 Å². The van der Waals surface area contributed by atoms with Crippen LogP contribution in [0.2, 0.25) is 0 Å². The Morgan fingerprint density at radius 3 is 2.00 bits per heavy atom. The van der Waals surface area contributed by atoms with Crippen molar-refractivity contribution in [2.24, 2.45) is 5.41 Å². The van der Waals surface area contributed by atoms with Gasteiger partial charge < -0.3 is 15.3 Å². The number of halogens is 3. The third kappa shape index (κ3) is 5.82. The predicted octanol–water partition coefficient (Wildman–Crippen LogP) is 4.53. The SMILES string of the molecule is CC(C)(C)OC(=O)N(OC(=O)C(C)(C)C)c1ccc(N)cc1C(F)(F)F. The maximum atomic E-state index is 13.4. The summed E-state index contributed by atoms with van der Waals surface area (Å²) >= 11 is 0. The van der Waals surface area contributed by atoms with E-state index in [1.807, 2.05) is 0 Å². The van der Waals surface area contributed by atoms with Gasteiger partial charge in [0.25, 0.3) is 0 Å². The standard InChI is InChI=1S/C17H23F3N2O4/c1-15(2,3)13(23)26-22(14(24)25-16(4,5)6)12-8-7-10(21)9-11(12)17(18,19)20/h7-9H,21H2,1-6H3. The molecule has 0 saturated carbocycles. The lowest BCUT2D eigenvalue weighted by Gasteiger charge is -2.29. The summed E-state index contributed by atoms with van der Waals surface area (Å²) in [4.78, 5) is 29.5. The lowest BCUT2D eigenvalue weighted by Crippen LogP contribution is -2.41. The molecule has 1 amide bonds. The van der Waals surface area contributed by atoms with Crippen molar-refractivity contribution >= 4 is 23.4 Å². The number of amides is 1. The topological polar surface area (TPSA) is 81.9 Å². The molecule has 1 rings (SSSR count). The molecule has 1 aromatic carbocycles. The van der Waals surface area contributed by atoms with Gasteiger partial charge in [0.2, 0.25) is 0 Å². The van der Waals surface area contributed by atoms with Crippen LogP contribution in [0.4, 0.5) is 29.3 Å². The molecule has 1 aromatic rings. The lowest BCUT2D eigenvalue weighted by molar-refractivity contribution is -0.155. The minimum atomic E-state index is -4.83. The molecule has 0 aliphatic rings. The van der Waals surface area contributed by atoms with Crippen molar-refractivity contribution in [3.05, 3.63) is 23.8 Å². The maximum absolute atomic E-state index is 13.4. The molecule has 0 fully saturated rings. The zero-order valence-electron chi connectivity index (χ0n) is 15.5. The Bertz CT molecular complexity index is 689. The van der Waals surface area contributed by atoms with Crippen LogP contribution in [0.1, 0.15) is 47.1 Å². The molecule has 146 valence electrons. The number of benzene rings is 1. The van der Waals surface area contributed by atoms with Crippen molar-refractivity contribution in [2.45, 2.75) is 53.3 Å². The molecule has 0 bridgehead atoms. The highest BCUT2D eigenvalue weighted by Crippen LogP contribution is 2.38. The second kappa shape index (κ2) is 7.05. The number of nitrogen functional groups attached to an aromatic ring is 1. The molecule has 2 N–H and O–H groups in total. The highest BCUT2D eigenvalue weighted by atomic mass is 19.4. The third-order valence-electron chi connectivity index (χ3n) is 2.89. The monoisotopic (exact) mass is 376 g/mol. The van der Waals surface area contributed by atoms with E-state index in [9.17, 15) is 22.8 Å². The summed E-state index contributed by atoms with van der Waals surface area (Å²) in [6.07, 6.45) is -6.09. The Hall–Kier alpha value is -2.45. The molecule has 0 atom stereocenters. The van der Waals surface area contributed by atoms with Crippen LogP contribution in [0.3, 0.4) is 0 Å². The maximum Gasteiger partial charge on any atom is 0.448 e. The molecule has 9 heteroatoms. The number of carbonyl (C=O) groups is 2. The van der Waals surface area contributed by atoms with Crippen LogP contribution in [0.5, 0.6) is 0 Å². The van der Waals surface area contributed by atoms with Crippen LogP contribution in [-0.2, 0) is 20.5 Å². The van der Waals surface area contributed by atoms with Gasteiger partial charge in [0, 0.05) is 5.69 Å². The van der Waals surface area contributed by atoms with E-state index < -0.39 is 40.5 Å². The number of nitrogens with two attached hydrogens (primary N) is 1. The van der Waals surface area contributed by atoms with Crippen molar-refractivity contribution in [1.82, 2.24) is 0 Å². The summed E-state index contributed by atoms with van der Waals surface area (Å²) in [6, 6.07) is 2.75. The summed E-state index contributed by atoms with van der Waals surface area (Å²) in [5, 5.41) is 0.209. The predicted molar refractivity (Wildman–Crippen MR) is 90.1 cm³/mol. The normalized spacial score (nSPS) is 12.5. The molecule has 0 aromatic heterocycles. The Balaban J connectivity index is 3.46. The van der Waals surface area contributed by atoms with Gasteiger partial charge in [-0.1, -0.05) is 0 Å². The first kappa shape index (κ1) is 21.6. The van der Waals surface area contributed by atoms with Gasteiger partial charge in [-0.25, -0.2) is 9.59 Å². The number of hydrogen-bond acceptors (Lipinski definition) is 5. The van der Waals surface area contributed by atoms with Crippen molar-refractivity contribution in [3.63, 3.8) is 0 Å². The van der Waals surface area contributed by atoms with Crippen LogP contribution in [0.15, 0.2) is 18.2 Å². The Morgan fingerprint density at radius 2 is 1.58 bits per heavy atom. The second-order valence-corrected chi connectivity index (χ2v) is 7.68. The fraction of sp³-hybridized carbons (Fsp3) is 0.529. The van der Waals surface area contributed by atoms with Crippen molar-refractivity contribution in [1.29, 1.82) is 0 Å². The number of ether oxygens (including phenoxy) is 1. The number of alkyl halides is 3. The van der Waals surface area contributed by atoms with Gasteiger partial charge in [-0.3, -0.25) is 0 Å². The van der Waals surface area contributed by atoms with Crippen LogP contribution in [0, 0.1) is 5.41 Å². The molecule has 0 heterocycles. The van der Waals surface area contributed by atoms with Gasteiger partial charge in [0.1, 0.15) is 11.3 Å². The first-order chi connectivity index (χ1) is 11.5. The average molecular weight is 376 g/mol. The Labute approximate surface area is 150 Å². The number of anilines is 2. The molecule has 0 spiro atoms. The van der Waals surface area contributed by atoms with Gasteiger partial charge in [0.15, 0.2) is 0 Å². The molecular weight excluding hydrogens is 353 g/mol. The average Bonchev–Trinajstić information content (AvgIpc) is 2.40. The van der Waals surface area contributed by atoms with E-state index in [1.54, 1.807) is 0 Å². The molecular formula is C17H23F3N2O4. The van der Waals surface area contributed by atoms with E-state index in [4.69, 9.17) is 15.3 Å².